The fourth-order valence-electron chi connectivity index (χ4n) is 3.24. The number of thiazole rings is 1. The second kappa shape index (κ2) is 9.70. The lowest BCUT2D eigenvalue weighted by molar-refractivity contribution is 0.0697. The van der Waals surface area contributed by atoms with Crippen molar-refractivity contribution in [3.63, 3.8) is 0 Å². The summed E-state index contributed by atoms with van der Waals surface area (Å²) in [6.07, 6.45) is 0. The molecule has 0 saturated carbocycles. The Hall–Kier alpha value is -2.62. The normalized spacial score (nSPS) is 11.6. The SMILES string of the molecule is Cc1csc(S(=O)(=O)N(c2cc(C)c(C)cc2OCc2ccc(C(=O)O)cc2Cl)C(C)C)n1. The molecule has 10 heteroatoms. The molecule has 0 bridgehead atoms. The summed E-state index contributed by atoms with van der Waals surface area (Å²) in [6.45, 7) is 9.19. The Morgan fingerprint density at radius 3 is 2.39 bits per heavy atom. The van der Waals surface area contributed by atoms with Gasteiger partial charge in [0.05, 0.1) is 11.3 Å². The summed E-state index contributed by atoms with van der Waals surface area (Å²) in [5, 5.41) is 11.1. The third-order valence-corrected chi connectivity index (χ3v) is 8.74. The number of carbonyl (C=O) groups is 1. The Morgan fingerprint density at radius 1 is 1.18 bits per heavy atom. The Morgan fingerprint density at radius 2 is 1.85 bits per heavy atom. The van der Waals surface area contributed by atoms with Crippen LogP contribution in [0, 0.1) is 20.8 Å². The maximum atomic E-state index is 13.5. The second-order valence-electron chi connectivity index (χ2n) is 7.95. The molecule has 0 radical (unpaired) electrons. The highest BCUT2D eigenvalue weighted by molar-refractivity contribution is 7.94. The smallest absolute Gasteiger partial charge is 0.335 e. The van der Waals surface area contributed by atoms with E-state index in [1.165, 1.54) is 16.4 Å². The summed E-state index contributed by atoms with van der Waals surface area (Å²) >= 11 is 7.33. The van der Waals surface area contributed by atoms with Crippen molar-refractivity contribution in [3.05, 3.63) is 68.7 Å². The number of hydrogen-bond donors (Lipinski definition) is 1. The number of carboxylic acid groups (broad SMARTS) is 1. The van der Waals surface area contributed by atoms with E-state index < -0.39 is 22.0 Å². The molecule has 0 unspecified atom stereocenters. The number of hydrogen-bond acceptors (Lipinski definition) is 6. The maximum absolute atomic E-state index is 13.5. The van der Waals surface area contributed by atoms with Gasteiger partial charge in [-0.25, -0.2) is 9.78 Å². The minimum Gasteiger partial charge on any atom is -0.487 e. The predicted molar refractivity (Wildman–Crippen MR) is 130 cm³/mol. The zero-order chi connectivity index (χ0) is 24.5. The van der Waals surface area contributed by atoms with Gasteiger partial charge in [0, 0.05) is 27.7 Å². The highest BCUT2D eigenvalue weighted by Crippen LogP contribution is 2.38. The first kappa shape index (κ1) is 25.0. The van der Waals surface area contributed by atoms with Crippen LogP contribution in [0.5, 0.6) is 5.75 Å². The number of aromatic nitrogens is 1. The summed E-state index contributed by atoms with van der Waals surface area (Å²) in [4.78, 5) is 15.3. The van der Waals surface area contributed by atoms with Crippen LogP contribution in [0.3, 0.4) is 0 Å². The van der Waals surface area contributed by atoms with Crippen molar-refractivity contribution >= 4 is 44.6 Å². The second-order valence-corrected chi connectivity index (χ2v) is 11.2. The first-order chi connectivity index (χ1) is 15.4. The summed E-state index contributed by atoms with van der Waals surface area (Å²) in [5.41, 5.74) is 3.55. The minimum atomic E-state index is -3.92. The van der Waals surface area contributed by atoms with Crippen LogP contribution in [-0.2, 0) is 16.6 Å². The Balaban J connectivity index is 2.04. The van der Waals surface area contributed by atoms with Gasteiger partial charge in [-0.05, 0) is 70.0 Å². The number of nitrogens with zero attached hydrogens (tertiary/aromatic N) is 2. The lowest BCUT2D eigenvalue weighted by Gasteiger charge is -2.29. The van der Waals surface area contributed by atoms with Crippen molar-refractivity contribution < 1.29 is 23.1 Å². The van der Waals surface area contributed by atoms with Crippen LogP contribution in [0.25, 0.3) is 0 Å². The van der Waals surface area contributed by atoms with E-state index >= 15 is 0 Å². The van der Waals surface area contributed by atoms with Crippen molar-refractivity contribution in [3.8, 4) is 5.75 Å². The summed E-state index contributed by atoms with van der Waals surface area (Å²) in [7, 11) is -3.92. The van der Waals surface area contributed by atoms with Crippen LogP contribution in [0.1, 0.15) is 46.6 Å². The van der Waals surface area contributed by atoms with E-state index in [9.17, 15) is 13.2 Å². The highest BCUT2D eigenvalue weighted by Gasteiger charge is 2.32. The van der Waals surface area contributed by atoms with Crippen molar-refractivity contribution in [1.82, 2.24) is 4.98 Å². The van der Waals surface area contributed by atoms with Crippen LogP contribution >= 0.6 is 22.9 Å². The summed E-state index contributed by atoms with van der Waals surface area (Å²) in [6, 6.07) is 7.58. The fourth-order valence-corrected chi connectivity index (χ4v) is 6.25. The van der Waals surface area contributed by atoms with Crippen LogP contribution in [-0.4, -0.2) is 30.5 Å². The molecule has 33 heavy (non-hydrogen) atoms. The standard InChI is InChI=1S/C23H25ClN2O5S2/c1-13(2)26(33(29,30)23-25-16(5)12-32-23)20-8-14(3)15(4)9-21(20)31-11-18-7-6-17(22(27)28)10-19(18)24/h6-10,12-13H,11H2,1-5H3,(H,27,28). The van der Waals surface area contributed by atoms with Crippen LogP contribution in [0.4, 0.5) is 5.69 Å². The van der Waals surface area contributed by atoms with Crippen molar-refractivity contribution in [1.29, 1.82) is 0 Å². The molecule has 7 nitrogen and oxygen atoms in total. The Labute approximate surface area is 202 Å². The third-order valence-electron chi connectivity index (χ3n) is 5.04. The molecule has 0 fully saturated rings. The van der Waals surface area contributed by atoms with Gasteiger partial charge in [0.25, 0.3) is 10.0 Å². The number of aryl methyl sites for hydroxylation is 3. The highest BCUT2D eigenvalue weighted by atomic mass is 35.5. The topological polar surface area (TPSA) is 96.8 Å². The van der Waals surface area contributed by atoms with Crippen LogP contribution in [0.15, 0.2) is 40.1 Å². The summed E-state index contributed by atoms with van der Waals surface area (Å²) < 4.78 is 34.4. The zero-order valence-corrected chi connectivity index (χ0v) is 21.3. The number of aromatic carboxylic acids is 1. The van der Waals surface area contributed by atoms with Crippen molar-refractivity contribution in [2.75, 3.05) is 4.31 Å². The van der Waals surface area contributed by atoms with E-state index in [-0.39, 0.29) is 21.5 Å². The molecule has 1 heterocycles. The first-order valence-electron chi connectivity index (χ1n) is 10.1. The molecular formula is C23H25ClN2O5S2. The van der Waals surface area contributed by atoms with Gasteiger partial charge < -0.3 is 9.84 Å². The van der Waals surface area contributed by atoms with E-state index in [1.807, 2.05) is 13.8 Å². The molecule has 0 amide bonds. The molecule has 176 valence electrons. The number of rotatable bonds is 8. The average molecular weight is 509 g/mol. The minimum absolute atomic E-state index is 0.0187. The molecule has 3 rings (SSSR count). The molecule has 0 saturated heterocycles. The Bertz CT molecular complexity index is 1300. The molecular weight excluding hydrogens is 484 g/mol. The van der Waals surface area contributed by atoms with Crippen molar-refractivity contribution in [2.24, 2.45) is 0 Å². The molecule has 1 N–H and O–H groups in total. The predicted octanol–water partition coefficient (Wildman–Crippen LogP) is 5.60. The van der Waals surface area contributed by atoms with Crippen LogP contribution in [0.2, 0.25) is 5.02 Å². The van der Waals surface area contributed by atoms with Gasteiger partial charge in [0.1, 0.15) is 12.4 Å². The van der Waals surface area contributed by atoms with E-state index in [2.05, 4.69) is 4.98 Å². The fraction of sp³-hybridized carbons (Fsp3) is 0.304. The van der Waals surface area contributed by atoms with E-state index in [4.69, 9.17) is 21.4 Å². The lowest BCUT2D eigenvalue weighted by Crippen LogP contribution is -2.37. The number of benzene rings is 2. The third kappa shape index (κ3) is 5.31. The number of sulfonamides is 1. The number of carboxylic acids is 1. The average Bonchev–Trinajstić information content (AvgIpc) is 3.17. The summed E-state index contributed by atoms with van der Waals surface area (Å²) in [5.74, 6) is -0.696. The Kier molecular flexibility index (Phi) is 7.36. The largest absolute Gasteiger partial charge is 0.487 e. The molecule has 1 aromatic heterocycles. The lowest BCUT2D eigenvalue weighted by atomic mass is 10.1. The monoisotopic (exact) mass is 508 g/mol. The van der Waals surface area contributed by atoms with Crippen LogP contribution < -0.4 is 9.04 Å². The number of halogens is 1. The molecule has 0 spiro atoms. The molecule has 0 atom stereocenters. The van der Waals surface area contributed by atoms with Gasteiger partial charge in [-0.1, -0.05) is 17.7 Å². The van der Waals surface area contributed by atoms with Crippen molar-refractivity contribution in [2.45, 2.75) is 51.6 Å². The molecule has 0 aliphatic heterocycles. The van der Waals surface area contributed by atoms with Gasteiger partial charge in [-0.2, -0.15) is 8.42 Å². The molecule has 3 aromatic rings. The number of ether oxygens (including phenoxy) is 1. The van der Waals surface area contributed by atoms with E-state index in [0.717, 1.165) is 22.5 Å². The van der Waals surface area contributed by atoms with Gasteiger partial charge in [0.2, 0.25) is 4.34 Å². The van der Waals surface area contributed by atoms with Gasteiger partial charge >= 0.3 is 5.97 Å². The molecule has 0 aliphatic rings. The maximum Gasteiger partial charge on any atom is 0.335 e. The van der Waals surface area contributed by atoms with E-state index in [1.54, 1.807) is 44.4 Å². The van der Waals surface area contributed by atoms with Gasteiger partial charge in [-0.15, -0.1) is 11.3 Å². The van der Waals surface area contributed by atoms with E-state index in [0.29, 0.717) is 22.7 Å². The first-order valence-corrected chi connectivity index (χ1v) is 12.8. The zero-order valence-electron chi connectivity index (χ0n) is 18.9. The number of anilines is 1. The molecule has 2 aromatic carbocycles. The van der Waals surface area contributed by atoms with Gasteiger partial charge in [-0.3, -0.25) is 4.31 Å². The van der Waals surface area contributed by atoms with Gasteiger partial charge in [0.15, 0.2) is 0 Å². The quantitative estimate of drug-likeness (QED) is 0.425. The molecule has 0 aliphatic carbocycles.